The van der Waals surface area contributed by atoms with Crippen molar-refractivity contribution >= 4 is 5.97 Å². The first kappa shape index (κ1) is 19.6. The molecule has 0 aliphatic heterocycles. The smallest absolute Gasteiger partial charge is 0.115 e. The summed E-state index contributed by atoms with van der Waals surface area (Å²) in [6.45, 7) is 2.09. The molecular formula is C18H27O3-. The molecule has 0 rings (SSSR count). The summed E-state index contributed by atoms with van der Waals surface area (Å²) < 4.78 is 0. The maximum absolute atomic E-state index is 10.2. The fourth-order valence-electron chi connectivity index (χ4n) is 1.89. The normalized spacial score (nSPS) is 11.0. The van der Waals surface area contributed by atoms with Crippen molar-refractivity contribution in [2.45, 2.75) is 83.7 Å². The molecule has 0 aliphatic carbocycles. The summed E-state index contributed by atoms with van der Waals surface area (Å²) >= 11 is 0. The molecule has 0 heterocycles. The van der Waals surface area contributed by atoms with E-state index in [0.717, 1.165) is 64.2 Å². The van der Waals surface area contributed by atoms with E-state index in [0.29, 0.717) is 0 Å². The number of rotatable bonds is 11. The van der Waals surface area contributed by atoms with Crippen molar-refractivity contribution in [2.24, 2.45) is 0 Å². The summed E-state index contributed by atoms with van der Waals surface area (Å²) in [5.41, 5.74) is 0. The lowest BCUT2D eigenvalue weighted by molar-refractivity contribution is -0.305. The number of carboxylic acid groups (broad SMARTS) is 1. The SMILES string of the molecule is CCCC[C@H](O)C#CC#CCCCCCCCCC(=O)[O-]. The first-order valence-corrected chi connectivity index (χ1v) is 8.03. The molecule has 0 spiro atoms. The highest BCUT2D eigenvalue weighted by Crippen LogP contribution is 2.07. The molecule has 0 aromatic carbocycles. The van der Waals surface area contributed by atoms with Crippen LogP contribution in [0.3, 0.4) is 0 Å². The Balaban J connectivity index is 3.41. The molecule has 3 nitrogen and oxygen atoms in total. The molecule has 0 bridgehead atoms. The van der Waals surface area contributed by atoms with Gasteiger partial charge in [0.05, 0.1) is 0 Å². The summed E-state index contributed by atoms with van der Waals surface area (Å²) in [5.74, 6) is 10.2. The zero-order valence-electron chi connectivity index (χ0n) is 13.1. The van der Waals surface area contributed by atoms with E-state index in [1.807, 2.05) is 0 Å². The van der Waals surface area contributed by atoms with Crippen molar-refractivity contribution in [1.82, 2.24) is 0 Å². The number of hydrogen-bond acceptors (Lipinski definition) is 3. The Morgan fingerprint density at radius 3 is 2.38 bits per heavy atom. The summed E-state index contributed by atoms with van der Waals surface area (Å²) in [6, 6.07) is 0. The highest BCUT2D eigenvalue weighted by molar-refractivity contribution is 5.64. The molecule has 0 saturated carbocycles. The maximum Gasteiger partial charge on any atom is 0.115 e. The van der Waals surface area contributed by atoms with Crippen LogP contribution in [0.4, 0.5) is 0 Å². The van der Waals surface area contributed by atoms with E-state index in [2.05, 4.69) is 30.6 Å². The Labute approximate surface area is 129 Å². The fourth-order valence-corrected chi connectivity index (χ4v) is 1.89. The molecule has 3 heteroatoms. The summed E-state index contributed by atoms with van der Waals surface area (Å²) in [4.78, 5) is 10.2. The number of carbonyl (C=O) groups is 1. The van der Waals surface area contributed by atoms with Crippen molar-refractivity contribution in [3.8, 4) is 23.7 Å². The highest BCUT2D eigenvalue weighted by atomic mass is 16.4. The van der Waals surface area contributed by atoms with Crippen LogP contribution in [0.15, 0.2) is 0 Å². The molecule has 0 amide bonds. The Morgan fingerprint density at radius 1 is 1.05 bits per heavy atom. The predicted molar refractivity (Wildman–Crippen MR) is 83.0 cm³/mol. The Hall–Kier alpha value is -1.45. The molecule has 118 valence electrons. The molecule has 1 N–H and O–H groups in total. The number of carbonyl (C=O) groups excluding carboxylic acids is 1. The minimum atomic E-state index is -0.953. The molecule has 1 atom stereocenters. The van der Waals surface area contributed by atoms with Gasteiger partial charge in [-0.15, -0.1) is 0 Å². The van der Waals surface area contributed by atoms with Gasteiger partial charge in [-0.05, 0) is 37.5 Å². The Morgan fingerprint density at radius 2 is 1.71 bits per heavy atom. The average Bonchev–Trinajstić information content (AvgIpc) is 2.45. The van der Waals surface area contributed by atoms with Crippen molar-refractivity contribution in [1.29, 1.82) is 0 Å². The molecule has 0 unspecified atom stereocenters. The highest BCUT2D eigenvalue weighted by Gasteiger charge is 1.95. The first-order valence-electron chi connectivity index (χ1n) is 8.03. The third kappa shape index (κ3) is 16.5. The van der Waals surface area contributed by atoms with E-state index < -0.39 is 12.1 Å². The van der Waals surface area contributed by atoms with Crippen LogP contribution in [0.5, 0.6) is 0 Å². The largest absolute Gasteiger partial charge is 0.550 e. The molecule has 0 aromatic heterocycles. The summed E-state index contributed by atoms with van der Waals surface area (Å²) in [5, 5.41) is 19.7. The fraction of sp³-hybridized carbons (Fsp3) is 0.722. The number of aliphatic carboxylic acids is 1. The van der Waals surface area contributed by atoms with Gasteiger partial charge >= 0.3 is 0 Å². The molecule has 0 radical (unpaired) electrons. The van der Waals surface area contributed by atoms with Gasteiger partial charge in [0.15, 0.2) is 0 Å². The lowest BCUT2D eigenvalue weighted by Crippen LogP contribution is -2.21. The molecule has 21 heavy (non-hydrogen) atoms. The topological polar surface area (TPSA) is 60.4 Å². The standard InChI is InChI=1S/C18H28O3/c1-2-3-14-17(19)15-12-10-8-6-4-5-7-9-11-13-16-18(20)21/h17,19H,2-7,9,11,13-14,16H2,1H3,(H,20,21)/p-1/t17-/m0/s1. The summed E-state index contributed by atoms with van der Waals surface area (Å²) in [7, 11) is 0. The lowest BCUT2D eigenvalue weighted by Gasteiger charge is -2.01. The zero-order chi connectivity index (χ0) is 15.8. The van der Waals surface area contributed by atoms with Crippen molar-refractivity contribution in [3.63, 3.8) is 0 Å². The number of unbranched alkanes of at least 4 members (excludes halogenated alkanes) is 7. The van der Waals surface area contributed by atoms with Crippen molar-refractivity contribution < 1.29 is 15.0 Å². The van der Waals surface area contributed by atoms with Crippen LogP contribution >= 0.6 is 0 Å². The van der Waals surface area contributed by atoms with Crippen LogP contribution in [0.1, 0.15) is 77.6 Å². The van der Waals surface area contributed by atoms with Crippen LogP contribution in [-0.4, -0.2) is 17.2 Å². The van der Waals surface area contributed by atoms with Gasteiger partial charge in [-0.1, -0.05) is 57.3 Å². The van der Waals surface area contributed by atoms with E-state index in [1.54, 1.807) is 0 Å². The van der Waals surface area contributed by atoms with Gasteiger partial charge in [0.2, 0.25) is 0 Å². The number of carboxylic acids is 1. The van der Waals surface area contributed by atoms with Gasteiger partial charge in [-0.3, -0.25) is 0 Å². The van der Waals surface area contributed by atoms with Crippen molar-refractivity contribution in [3.05, 3.63) is 0 Å². The molecular weight excluding hydrogens is 264 g/mol. The monoisotopic (exact) mass is 291 g/mol. The molecule has 0 aromatic rings. The van der Waals surface area contributed by atoms with E-state index in [1.165, 1.54) is 0 Å². The number of aliphatic hydroxyl groups excluding tert-OH is 1. The van der Waals surface area contributed by atoms with Crippen LogP contribution in [0.2, 0.25) is 0 Å². The summed E-state index contributed by atoms with van der Waals surface area (Å²) in [6.07, 6.45) is 9.29. The minimum absolute atomic E-state index is 0.175. The van der Waals surface area contributed by atoms with Crippen LogP contribution in [0.25, 0.3) is 0 Å². The lowest BCUT2D eigenvalue weighted by atomic mass is 10.1. The number of hydrogen-bond donors (Lipinski definition) is 1. The minimum Gasteiger partial charge on any atom is -0.550 e. The third-order valence-corrected chi connectivity index (χ3v) is 3.15. The zero-order valence-corrected chi connectivity index (χ0v) is 13.1. The van der Waals surface area contributed by atoms with Crippen LogP contribution in [-0.2, 0) is 4.79 Å². The predicted octanol–water partition coefficient (Wildman–Crippen LogP) is 2.42. The molecule has 0 fully saturated rings. The second-order valence-electron chi connectivity index (χ2n) is 5.22. The van der Waals surface area contributed by atoms with Gasteiger partial charge in [0.1, 0.15) is 6.10 Å². The van der Waals surface area contributed by atoms with Crippen LogP contribution < -0.4 is 5.11 Å². The van der Waals surface area contributed by atoms with Gasteiger partial charge in [-0.25, -0.2) is 0 Å². The Kier molecular flexibility index (Phi) is 13.9. The number of aliphatic hydroxyl groups is 1. The molecule has 0 saturated heterocycles. The first-order chi connectivity index (χ1) is 10.2. The van der Waals surface area contributed by atoms with Gasteiger partial charge in [0, 0.05) is 12.4 Å². The second kappa shape index (κ2) is 14.9. The van der Waals surface area contributed by atoms with Crippen molar-refractivity contribution in [2.75, 3.05) is 0 Å². The second-order valence-corrected chi connectivity index (χ2v) is 5.22. The van der Waals surface area contributed by atoms with Gasteiger partial charge < -0.3 is 15.0 Å². The quantitative estimate of drug-likeness (QED) is 0.470. The Bertz CT molecular complexity index is 379. The maximum atomic E-state index is 10.2. The van der Waals surface area contributed by atoms with E-state index in [9.17, 15) is 15.0 Å². The molecule has 0 aliphatic rings. The van der Waals surface area contributed by atoms with E-state index in [4.69, 9.17) is 0 Å². The van der Waals surface area contributed by atoms with E-state index in [-0.39, 0.29) is 6.42 Å². The van der Waals surface area contributed by atoms with Crippen LogP contribution in [0, 0.1) is 23.7 Å². The van der Waals surface area contributed by atoms with Gasteiger partial charge in [0.25, 0.3) is 0 Å². The average molecular weight is 291 g/mol. The van der Waals surface area contributed by atoms with E-state index >= 15 is 0 Å². The third-order valence-electron chi connectivity index (χ3n) is 3.15. The van der Waals surface area contributed by atoms with Gasteiger partial charge in [-0.2, -0.15) is 0 Å².